The van der Waals surface area contributed by atoms with E-state index >= 15 is 0 Å². The van der Waals surface area contributed by atoms with Gasteiger partial charge in [-0.05, 0) is 36.5 Å². The molecule has 0 radical (unpaired) electrons. The number of benzene rings is 1. The summed E-state index contributed by atoms with van der Waals surface area (Å²) in [6.45, 7) is 6.73. The Morgan fingerprint density at radius 3 is 2.38 bits per heavy atom. The zero-order valence-corrected chi connectivity index (χ0v) is 13.3. The molecule has 0 bridgehead atoms. The largest absolute Gasteiger partial charge is 0.274 e. The van der Waals surface area contributed by atoms with Gasteiger partial charge in [-0.3, -0.25) is 14.5 Å². The minimum absolute atomic E-state index is 0.126. The smallest absolute Gasteiger partial charge is 0.261 e. The first kappa shape index (κ1) is 15.7. The number of hydrogen-bond donors (Lipinski definition) is 0. The van der Waals surface area contributed by atoms with Crippen LogP contribution in [0.4, 0.5) is 0 Å². The third-order valence-corrected chi connectivity index (χ3v) is 3.90. The summed E-state index contributed by atoms with van der Waals surface area (Å²) in [5.41, 5.74) is 2.32. The van der Waals surface area contributed by atoms with E-state index in [0.717, 1.165) is 18.4 Å². The van der Waals surface area contributed by atoms with Crippen molar-refractivity contribution in [1.82, 2.24) is 4.90 Å². The number of imide groups is 1. The van der Waals surface area contributed by atoms with Crippen LogP contribution in [0.5, 0.6) is 0 Å². The van der Waals surface area contributed by atoms with E-state index in [4.69, 9.17) is 0 Å². The molecule has 1 heterocycles. The fourth-order valence-corrected chi connectivity index (χ4v) is 2.78. The molecule has 0 spiro atoms. The second-order valence-electron chi connectivity index (χ2n) is 6.31. The van der Waals surface area contributed by atoms with Crippen LogP contribution in [0, 0.1) is 5.92 Å². The first-order valence-electron chi connectivity index (χ1n) is 8.03. The predicted molar refractivity (Wildman–Crippen MR) is 84.5 cm³/mol. The Balaban J connectivity index is 2.10. The zero-order chi connectivity index (χ0) is 15.4. The molecule has 114 valence electrons. The maximum absolute atomic E-state index is 12.4. The van der Waals surface area contributed by atoms with E-state index in [2.05, 4.69) is 6.92 Å². The maximum atomic E-state index is 12.4. The van der Waals surface area contributed by atoms with Crippen LogP contribution < -0.4 is 0 Å². The lowest BCUT2D eigenvalue weighted by Crippen LogP contribution is -2.33. The molecule has 1 aromatic carbocycles. The minimum Gasteiger partial charge on any atom is -0.274 e. The van der Waals surface area contributed by atoms with Gasteiger partial charge in [-0.2, -0.15) is 0 Å². The van der Waals surface area contributed by atoms with E-state index in [1.54, 1.807) is 0 Å². The molecule has 0 fully saturated rings. The highest BCUT2D eigenvalue weighted by molar-refractivity contribution is 6.21. The summed E-state index contributed by atoms with van der Waals surface area (Å²) < 4.78 is 0. The van der Waals surface area contributed by atoms with Crippen molar-refractivity contribution in [2.75, 3.05) is 6.54 Å². The van der Waals surface area contributed by atoms with Gasteiger partial charge < -0.3 is 0 Å². The summed E-state index contributed by atoms with van der Waals surface area (Å²) >= 11 is 0. The fraction of sp³-hybridized carbons (Fsp3) is 0.556. The summed E-state index contributed by atoms with van der Waals surface area (Å²) in [4.78, 5) is 26.0. The summed E-state index contributed by atoms with van der Waals surface area (Å²) in [6, 6.07) is 5.74. The molecule has 3 nitrogen and oxygen atoms in total. The monoisotopic (exact) mass is 287 g/mol. The molecule has 1 aromatic rings. The number of hydrogen-bond acceptors (Lipinski definition) is 2. The van der Waals surface area contributed by atoms with Gasteiger partial charge in [-0.25, -0.2) is 0 Å². The molecular formula is C18H25NO2. The highest BCUT2D eigenvalue weighted by Gasteiger charge is 2.35. The third-order valence-electron chi connectivity index (χ3n) is 3.90. The number of fused-ring (bicyclic) bond motifs is 1. The lowest BCUT2D eigenvalue weighted by molar-refractivity contribution is 0.0636. The Hall–Kier alpha value is -1.64. The third kappa shape index (κ3) is 3.52. The highest BCUT2D eigenvalue weighted by Crippen LogP contribution is 2.25. The Morgan fingerprint density at radius 1 is 1.00 bits per heavy atom. The van der Waals surface area contributed by atoms with Crippen LogP contribution in [0.25, 0.3) is 0 Å². The second-order valence-corrected chi connectivity index (χ2v) is 6.31. The number of unbranched alkanes of at least 4 members (excludes halogenated alkanes) is 3. The lowest BCUT2D eigenvalue weighted by atomic mass is 10.0. The van der Waals surface area contributed by atoms with Crippen LogP contribution in [0.15, 0.2) is 18.2 Å². The van der Waals surface area contributed by atoms with Crippen molar-refractivity contribution in [3.63, 3.8) is 0 Å². The van der Waals surface area contributed by atoms with Gasteiger partial charge >= 0.3 is 0 Å². The summed E-state index contributed by atoms with van der Waals surface area (Å²) in [6.07, 6.45) is 5.83. The van der Waals surface area contributed by atoms with E-state index < -0.39 is 0 Å². The van der Waals surface area contributed by atoms with Crippen molar-refractivity contribution in [3.05, 3.63) is 34.9 Å². The fourth-order valence-electron chi connectivity index (χ4n) is 2.78. The number of amides is 2. The molecular weight excluding hydrogens is 262 g/mol. The summed E-state index contributed by atoms with van der Waals surface area (Å²) in [7, 11) is 0. The first-order valence-corrected chi connectivity index (χ1v) is 8.03. The molecule has 2 amide bonds. The van der Waals surface area contributed by atoms with Crippen LogP contribution >= 0.6 is 0 Å². The molecule has 3 heteroatoms. The number of nitrogens with zero attached hydrogens (tertiary/aromatic N) is 1. The lowest BCUT2D eigenvalue weighted by Gasteiger charge is -2.15. The van der Waals surface area contributed by atoms with Crippen LogP contribution in [-0.2, 0) is 6.42 Å². The predicted octanol–water partition coefficient (Wildman–Crippen LogP) is 4.06. The van der Waals surface area contributed by atoms with Crippen molar-refractivity contribution < 1.29 is 9.59 Å². The molecule has 0 N–H and O–H groups in total. The van der Waals surface area contributed by atoms with E-state index in [0.29, 0.717) is 23.6 Å². The van der Waals surface area contributed by atoms with Crippen molar-refractivity contribution in [3.8, 4) is 0 Å². The van der Waals surface area contributed by atoms with Crippen LogP contribution in [-0.4, -0.2) is 23.3 Å². The van der Waals surface area contributed by atoms with Gasteiger partial charge in [0.1, 0.15) is 0 Å². The van der Waals surface area contributed by atoms with Crippen LogP contribution in [0.2, 0.25) is 0 Å². The van der Waals surface area contributed by atoms with Gasteiger partial charge in [0.25, 0.3) is 11.8 Å². The Labute approximate surface area is 127 Å². The number of aryl methyl sites for hydroxylation is 1. The Bertz CT molecular complexity index is 534. The van der Waals surface area contributed by atoms with Gasteiger partial charge in [-0.1, -0.05) is 46.1 Å². The molecule has 0 atom stereocenters. The topological polar surface area (TPSA) is 37.4 Å². The molecule has 1 aliphatic heterocycles. The van der Waals surface area contributed by atoms with Gasteiger partial charge in [0.15, 0.2) is 0 Å². The molecule has 1 aliphatic rings. The summed E-state index contributed by atoms with van der Waals surface area (Å²) in [5.74, 6) is 0.0288. The van der Waals surface area contributed by atoms with Gasteiger partial charge in [0, 0.05) is 6.54 Å². The van der Waals surface area contributed by atoms with Gasteiger partial charge in [0.05, 0.1) is 11.1 Å². The first-order chi connectivity index (χ1) is 10.0. The zero-order valence-electron chi connectivity index (χ0n) is 13.3. The number of carbonyl (C=O) groups excluding carboxylic acids is 2. The number of carbonyl (C=O) groups is 2. The average Bonchev–Trinajstić information content (AvgIpc) is 2.68. The van der Waals surface area contributed by atoms with Crippen molar-refractivity contribution >= 4 is 11.8 Å². The van der Waals surface area contributed by atoms with E-state index in [1.807, 2.05) is 32.0 Å². The van der Waals surface area contributed by atoms with Crippen molar-refractivity contribution in [2.24, 2.45) is 5.92 Å². The second kappa shape index (κ2) is 6.88. The molecule has 2 rings (SSSR count). The van der Waals surface area contributed by atoms with Gasteiger partial charge in [-0.15, -0.1) is 0 Å². The van der Waals surface area contributed by atoms with Crippen molar-refractivity contribution in [1.29, 1.82) is 0 Å². The molecule has 0 saturated carbocycles. The average molecular weight is 287 g/mol. The normalized spacial score (nSPS) is 14.2. The van der Waals surface area contributed by atoms with Crippen molar-refractivity contribution in [2.45, 2.75) is 52.9 Å². The SMILES string of the molecule is CCCCCCc1ccc2c(c1)C(=O)N(CC(C)C)C2=O. The van der Waals surface area contributed by atoms with Crippen LogP contribution in [0.3, 0.4) is 0 Å². The standard InChI is InChI=1S/C18H25NO2/c1-4-5-6-7-8-14-9-10-15-16(11-14)18(21)19(17(15)20)12-13(2)3/h9-11,13H,4-8,12H2,1-3H3. The van der Waals surface area contributed by atoms with Gasteiger partial charge in [0.2, 0.25) is 0 Å². The minimum atomic E-state index is -0.138. The molecule has 0 aromatic heterocycles. The molecule has 0 saturated heterocycles. The maximum Gasteiger partial charge on any atom is 0.261 e. The molecule has 0 aliphatic carbocycles. The Kier molecular flexibility index (Phi) is 5.16. The van der Waals surface area contributed by atoms with E-state index in [1.165, 1.54) is 24.2 Å². The number of rotatable bonds is 7. The highest BCUT2D eigenvalue weighted by atomic mass is 16.2. The quantitative estimate of drug-likeness (QED) is 0.560. The van der Waals surface area contributed by atoms with E-state index in [-0.39, 0.29) is 11.8 Å². The Morgan fingerprint density at radius 2 is 1.71 bits per heavy atom. The molecule has 21 heavy (non-hydrogen) atoms. The van der Waals surface area contributed by atoms with Crippen LogP contribution in [0.1, 0.15) is 72.7 Å². The summed E-state index contributed by atoms with van der Waals surface area (Å²) in [5, 5.41) is 0. The molecule has 0 unspecified atom stereocenters. The van der Waals surface area contributed by atoms with E-state index in [9.17, 15) is 9.59 Å².